The quantitative estimate of drug-likeness (QED) is 0.807. The molecule has 1 aliphatic heterocycles. The third-order valence-electron chi connectivity index (χ3n) is 5.38. The van der Waals surface area contributed by atoms with Crippen LogP contribution in [0.15, 0.2) is 48.6 Å². The fourth-order valence-electron chi connectivity index (χ4n) is 4.12. The maximum Gasteiger partial charge on any atom is 0.335 e. The van der Waals surface area contributed by atoms with Gasteiger partial charge in [0.25, 0.3) is 0 Å². The van der Waals surface area contributed by atoms with Crippen LogP contribution >= 0.6 is 0 Å². The number of carbonyl (C=O) groups is 1. The Kier molecular flexibility index (Phi) is 4.07. The first-order valence-corrected chi connectivity index (χ1v) is 8.64. The van der Waals surface area contributed by atoms with E-state index in [2.05, 4.69) is 17.5 Å². The Morgan fingerprint density at radius 1 is 1.12 bits per heavy atom. The summed E-state index contributed by atoms with van der Waals surface area (Å²) in [6.45, 7) is 0. The number of hydrogen-bond acceptors (Lipinski definition) is 4. The molecule has 0 saturated heterocycles. The molecule has 3 atom stereocenters. The summed E-state index contributed by atoms with van der Waals surface area (Å²) < 4.78 is 11.0. The molecule has 0 fully saturated rings. The molecule has 1 aliphatic carbocycles. The number of hydrogen-bond donors (Lipinski definition) is 2. The van der Waals surface area contributed by atoms with E-state index in [0.29, 0.717) is 11.5 Å². The van der Waals surface area contributed by atoms with Crippen molar-refractivity contribution >= 4 is 11.7 Å². The third-order valence-corrected chi connectivity index (χ3v) is 5.38. The summed E-state index contributed by atoms with van der Waals surface area (Å²) in [5, 5.41) is 12.9. The van der Waals surface area contributed by atoms with Gasteiger partial charge in [-0.15, -0.1) is 0 Å². The number of carboxylic acids is 1. The Balaban J connectivity index is 1.80. The lowest BCUT2D eigenvalue weighted by atomic mass is 9.76. The lowest BCUT2D eigenvalue weighted by Gasteiger charge is -2.38. The Morgan fingerprint density at radius 3 is 2.69 bits per heavy atom. The van der Waals surface area contributed by atoms with E-state index in [9.17, 15) is 9.90 Å². The molecule has 0 aromatic heterocycles. The van der Waals surface area contributed by atoms with Crippen molar-refractivity contribution in [3.63, 3.8) is 0 Å². The average Bonchev–Trinajstić information content (AvgIpc) is 3.16. The lowest BCUT2D eigenvalue weighted by Crippen LogP contribution is -2.29. The summed E-state index contributed by atoms with van der Waals surface area (Å²) in [6, 6.07) is 11.2. The summed E-state index contributed by atoms with van der Waals surface area (Å²) >= 11 is 0. The van der Waals surface area contributed by atoms with Crippen LogP contribution in [-0.2, 0) is 0 Å². The SMILES string of the molecule is COc1ccc(OC)c([C@@H]2Nc3ccc(C(=O)O)cc3[C@@H]3C=CC[C@H]32)c1. The Labute approximate surface area is 152 Å². The maximum absolute atomic E-state index is 11.3. The van der Waals surface area contributed by atoms with Crippen molar-refractivity contribution in [2.24, 2.45) is 5.92 Å². The highest BCUT2D eigenvalue weighted by molar-refractivity contribution is 5.89. The van der Waals surface area contributed by atoms with Crippen LogP contribution in [0.2, 0.25) is 0 Å². The fraction of sp³-hybridized carbons (Fsp3) is 0.286. The van der Waals surface area contributed by atoms with Crippen LogP contribution in [0.4, 0.5) is 5.69 Å². The van der Waals surface area contributed by atoms with Crippen molar-refractivity contribution in [2.75, 3.05) is 19.5 Å². The second kappa shape index (κ2) is 6.41. The summed E-state index contributed by atoms with van der Waals surface area (Å²) in [5.74, 6) is 1.19. The molecule has 0 amide bonds. The second-order valence-electron chi connectivity index (χ2n) is 6.69. The summed E-state index contributed by atoms with van der Waals surface area (Å²) in [6.07, 6.45) is 5.30. The Morgan fingerprint density at radius 2 is 1.96 bits per heavy atom. The minimum atomic E-state index is -0.900. The van der Waals surface area contributed by atoms with Gasteiger partial charge in [0.15, 0.2) is 0 Å². The first kappa shape index (κ1) is 16.5. The van der Waals surface area contributed by atoms with Crippen molar-refractivity contribution in [1.29, 1.82) is 0 Å². The number of allylic oxidation sites excluding steroid dienone is 2. The normalized spacial score (nSPS) is 22.9. The number of fused-ring (bicyclic) bond motifs is 3. The highest BCUT2D eigenvalue weighted by atomic mass is 16.5. The number of benzene rings is 2. The van der Waals surface area contributed by atoms with Crippen LogP contribution < -0.4 is 14.8 Å². The van der Waals surface area contributed by atoms with Crippen molar-refractivity contribution in [2.45, 2.75) is 18.4 Å². The number of nitrogens with one attached hydrogen (secondary N) is 1. The summed E-state index contributed by atoms with van der Waals surface area (Å²) in [4.78, 5) is 11.3. The van der Waals surface area contributed by atoms with E-state index in [1.807, 2.05) is 24.3 Å². The molecule has 1 heterocycles. The van der Waals surface area contributed by atoms with Gasteiger partial charge in [-0.1, -0.05) is 12.2 Å². The molecule has 2 aromatic carbocycles. The average molecular weight is 351 g/mol. The molecular weight excluding hydrogens is 330 g/mol. The molecule has 2 aromatic rings. The van der Waals surface area contributed by atoms with Crippen molar-refractivity contribution in [1.82, 2.24) is 0 Å². The largest absolute Gasteiger partial charge is 0.497 e. The van der Waals surface area contributed by atoms with E-state index in [1.165, 1.54) is 0 Å². The van der Waals surface area contributed by atoms with Crippen LogP contribution in [0, 0.1) is 5.92 Å². The molecule has 0 radical (unpaired) electrons. The monoisotopic (exact) mass is 351 g/mol. The molecule has 0 unspecified atom stereocenters. The summed E-state index contributed by atoms with van der Waals surface area (Å²) in [7, 11) is 3.33. The predicted molar refractivity (Wildman–Crippen MR) is 99.3 cm³/mol. The molecule has 0 bridgehead atoms. The zero-order chi connectivity index (χ0) is 18.3. The first-order valence-electron chi connectivity index (χ1n) is 8.64. The van der Waals surface area contributed by atoms with E-state index in [1.54, 1.807) is 26.4 Å². The van der Waals surface area contributed by atoms with Gasteiger partial charge >= 0.3 is 5.97 Å². The van der Waals surface area contributed by atoms with Gasteiger partial charge in [-0.3, -0.25) is 0 Å². The molecule has 2 aliphatic rings. The molecule has 5 heteroatoms. The third kappa shape index (κ3) is 2.60. The number of carboxylic acid groups (broad SMARTS) is 1. The first-order chi connectivity index (χ1) is 12.6. The minimum Gasteiger partial charge on any atom is -0.497 e. The standard InChI is InChI=1S/C21H21NO4/c1-25-13-7-9-19(26-2)17(11-13)20-15-5-3-4-14(15)16-10-12(21(23)24)6-8-18(16)22-20/h3-4,6-11,14-15,20,22H,5H2,1-2H3,(H,23,24)/t14-,15-,20-/m1/s1. The van der Waals surface area contributed by atoms with E-state index in [-0.39, 0.29) is 12.0 Å². The molecule has 0 spiro atoms. The van der Waals surface area contributed by atoms with Gasteiger partial charge in [-0.05, 0) is 54.3 Å². The van der Waals surface area contributed by atoms with Crippen LogP contribution in [0.1, 0.15) is 39.9 Å². The number of anilines is 1. The van der Waals surface area contributed by atoms with Gasteiger partial charge in [0.1, 0.15) is 11.5 Å². The number of methoxy groups -OCH3 is 2. The predicted octanol–water partition coefficient (Wildman–Crippen LogP) is 4.23. The van der Waals surface area contributed by atoms with Gasteiger partial charge in [-0.2, -0.15) is 0 Å². The van der Waals surface area contributed by atoms with Gasteiger partial charge in [0, 0.05) is 17.2 Å². The van der Waals surface area contributed by atoms with Crippen LogP contribution in [0.3, 0.4) is 0 Å². The van der Waals surface area contributed by atoms with E-state index in [0.717, 1.165) is 34.7 Å². The molecule has 2 N–H and O–H groups in total. The molecule has 0 saturated carbocycles. The van der Waals surface area contributed by atoms with Gasteiger partial charge < -0.3 is 19.9 Å². The molecule has 5 nitrogen and oxygen atoms in total. The maximum atomic E-state index is 11.3. The van der Waals surface area contributed by atoms with E-state index >= 15 is 0 Å². The second-order valence-corrected chi connectivity index (χ2v) is 6.69. The topological polar surface area (TPSA) is 67.8 Å². The van der Waals surface area contributed by atoms with Crippen molar-refractivity contribution in [3.05, 3.63) is 65.2 Å². The van der Waals surface area contributed by atoms with Gasteiger partial charge in [-0.25, -0.2) is 4.79 Å². The number of ether oxygens (including phenoxy) is 2. The van der Waals surface area contributed by atoms with Crippen LogP contribution in [-0.4, -0.2) is 25.3 Å². The summed E-state index contributed by atoms with van der Waals surface area (Å²) in [5.41, 5.74) is 3.39. The highest BCUT2D eigenvalue weighted by Crippen LogP contribution is 2.51. The number of rotatable bonds is 4. The fourth-order valence-corrected chi connectivity index (χ4v) is 4.12. The zero-order valence-electron chi connectivity index (χ0n) is 14.7. The molecule has 134 valence electrons. The highest BCUT2D eigenvalue weighted by Gasteiger charge is 2.39. The Hall–Kier alpha value is -2.95. The van der Waals surface area contributed by atoms with Gasteiger partial charge in [0.05, 0.1) is 25.8 Å². The van der Waals surface area contributed by atoms with Crippen LogP contribution in [0.25, 0.3) is 0 Å². The van der Waals surface area contributed by atoms with Crippen molar-refractivity contribution in [3.8, 4) is 11.5 Å². The van der Waals surface area contributed by atoms with Crippen LogP contribution in [0.5, 0.6) is 11.5 Å². The number of aromatic carboxylic acids is 1. The van der Waals surface area contributed by atoms with Crippen molar-refractivity contribution < 1.29 is 19.4 Å². The Bertz CT molecular complexity index is 890. The molecule has 26 heavy (non-hydrogen) atoms. The smallest absolute Gasteiger partial charge is 0.335 e. The van der Waals surface area contributed by atoms with Gasteiger partial charge in [0.2, 0.25) is 0 Å². The molecule has 4 rings (SSSR count). The zero-order valence-corrected chi connectivity index (χ0v) is 14.7. The van der Waals surface area contributed by atoms with E-state index < -0.39 is 5.97 Å². The minimum absolute atomic E-state index is 0.0585. The lowest BCUT2D eigenvalue weighted by molar-refractivity contribution is 0.0696. The van der Waals surface area contributed by atoms with E-state index in [4.69, 9.17) is 9.47 Å². The molecular formula is C21H21NO4.